The molecule has 2 N–H and O–H groups in total. The predicted octanol–water partition coefficient (Wildman–Crippen LogP) is 0.627. The lowest BCUT2D eigenvalue weighted by Gasteiger charge is -2.23. The maximum Gasteiger partial charge on any atom is 0.241 e. The molecule has 0 aromatic carbocycles. The minimum atomic E-state index is -0.0277. The Hall–Kier alpha value is -1.56. The number of nitrogens with zero attached hydrogens (tertiary/aromatic N) is 4. The van der Waals surface area contributed by atoms with Crippen LogP contribution in [0.15, 0.2) is 6.20 Å². The molecule has 0 fully saturated rings. The van der Waals surface area contributed by atoms with Crippen LogP contribution in [0.1, 0.15) is 6.92 Å². The summed E-state index contributed by atoms with van der Waals surface area (Å²) in [5.41, 5.74) is 5.51. The summed E-state index contributed by atoms with van der Waals surface area (Å²) in [4.78, 5) is 22.7. The molecule has 1 aromatic heterocycles. The lowest BCUT2D eigenvalue weighted by molar-refractivity contribution is -0.127. The van der Waals surface area contributed by atoms with Gasteiger partial charge in [0.15, 0.2) is 5.82 Å². The number of hydrogen-bond acceptors (Lipinski definition) is 5. The normalized spacial score (nSPS) is 10.1. The predicted molar refractivity (Wildman–Crippen MR) is 68.0 cm³/mol. The van der Waals surface area contributed by atoms with Gasteiger partial charge in [0.05, 0.1) is 12.7 Å². The molecule has 1 aromatic rings. The van der Waals surface area contributed by atoms with E-state index in [0.717, 1.165) is 0 Å². The Morgan fingerprint density at radius 3 is 2.71 bits per heavy atom. The van der Waals surface area contributed by atoms with E-state index >= 15 is 0 Å². The number of aromatic nitrogens is 2. The van der Waals surface area contributed by atoms with Crippen molar-refractivity contribution in [3.63, 3.8) is 0 Å². The van der Waals surface area contributed by atoms with Gasteiger partial charge < -0.3 is 15.5 Å². The van der Waals surface area contributed by atoms with Crippen molar-refractivity contribution < 1.29 is 4.79 Å². The lowest BCUT2D eigenvalue weighted by Crippen LogP contribution is -2.37. The third kappa shape index (κ3) is 3.45. The molecule has 1 rings (SSSR count). The minimum Gasteiger partial charge on any atom is -0.368 e. The number of hydrogen-bond donors (Lipinski definition) is 1. The summed E-state index contributed by atoms with van der Waals surface area (Å²) in [5, 5.41) is 0.382. The van der Waals surface area contributed by atoms with Crippen LogP contribution < -0.4 is 10.6 Å². The van der Waals surface area contributed by atoms with Crippen LogP contribution in [-0.4, -0.2) is 48.0 Å². The summed E-state index contributed by atoms with van der Waals surface area (Å²) >= 11 is 5.99. The molecule has 0 aliphatic carbocycles. The number of anilines is 2. The van der Waals surface area contributed by atoms with Gasteiger partial charge in [-0.25, -0.2) is 4.98 Å². The second kappa shape index (κ2) is 5.67. The van der Waals surface area contributed by atoms with Crippen molar-refractivity contribution in [1.29, 1.82) is 0 Å². The second-order valence-corrected chi connectivity index (χ2v) is 4.11. The van der Waals surface area contributed by atoms with E-state index in [1.165, 1.54) is 11.1 Å². The molecule has 0 aliphatic rings. The molecule has 1 heterocycles. The van der Waals surface area contributed by atoms with Gasteiger partial charge in [-0.05, 0) is 6.92 Å². The number of rotatable bonds is 4. The minimum absolute atomic E-state index is 0.0277. The first-order valence-electron chi connectivity index (χ1n) is 5.18. The highest BCUT2D eigenvalue weighted by molar-refractivity contribution is 6.32. The number of nitrogen functional groups attached to an aromatic ring is 1. The molecular formula is C10H16ClN5O. The molecule has 0 saturated heterocycles. The number of nitrogens with two attached hydrogens (primary N) is 1. The van der Waals surface area contributed by atoms with Crippen molar-refractivity contribution in [1.82, 2.24) is 14.9 Å². The van der Waals surface area contributed by atoms with Crippen molar-refractivity contribution in [2.45, 2.75) is 6.92 Å². The Bertz CT molecular complexity index is 410. The molecule has 0 saturated carbocycles. The molecular weight excluding hydrogens is 242 g/mol. The van der Waals surface area contributed by atoms with E-state index in [-0.39, 0.29) is 18.4 Å². The Morgan fingerprint density at radius 1 is 1.53 bits per heavy atom. The standard InChI is InChI=1S/C10H16ClN5O/c1-4-16(6-8(17)15(2)3)9-7(11)5-13-10(12)14-9/h5H,4,6H2,1-3H3,(H2,12,13,14). The summed E-state index contributed by atoms with van der Waals surface area (Å²) in [7, 11) is 3.40. The van der Waals surface area contributed by atoms with Crippen LogP contribution in [0.25, 0.3) is 0 Å². The van der Waals surface area contributed by atoms with Crippen LogP contribution >= 0.6 is 11.6 Å². The average molecular weight is 258 g/mol. The van der Waals surface area contributed by atoms with Gasteiger partial charge in [0.1, 0.15) is 5.02 Å². The number of carbonyl (C=O) groups excluding carboxylic acids is 1. The van der Waals surface area contributed by atoms with Crippen LogP contribution in [0.2, 0.25) is 5.02 Å². The van der Waals surface area contributed by atoms with Gasteiger partial charge in [-0.3, -0.25) is 4.79 Å². The van der Waals surface area contributed by atoms with Crippen molar-refractivity contribution >= 4 is 29.3 Å². The summed E-state index contributed by atoms with van der Waals surface area (Å²) < 4.78 is 0. The molecule has 0 radical (unpaired) electrons. The number of likely N-dealkylation sites (N-methyl/N-ethyl adjacent to an activating group) is 2. The Morgan fingerprint density at radius 2 is 2.18 bits per heavy atom. The molecule has 17 heavy (non-hydrogen) atoms. The third-order valence-electron chi connectivity index (χ3n) is 2.25. The Balaban J connectivity index is 2.93. The molecule has 0 bridgehead atoms. The van der Waals surface area contributed by atoms with E-state index in [9.17, 15) is 4.79 Å². The molecule has 0 aliphatic heterocycles. The van der Waals surface area contributed by atoms with Gasteiger partial charge in [-0.1, -0.05) is 11.6 Å². The SMILES string of the molecule is CCN(CC(=O)N(C)C)c1nc(N)ncc1Cl. The average Bonchev–Trinajstić information content (AvgIpc) is 2.29. The smallest absolute Gasteiger partial charge is 0.241 e. The van der Waals surface area contributed by atoms with E-state index in [1.807, 2.05) is 6.92 Å². The molecule has 0 unspecified atom stereocenters. The molecule has 1 amide bonds. The van der Waals surface area contributed by atoms with Gasteiger partial charge in [-0.2, -0.15) is 4.98 Å². The van der Waals surface area contributed by atoms with E-state index in [1.54, 1.807) is 19.0 Å². The maximum atomic E-state index is 11.6. The zero-order chi connectivity index (χ0) is 13.0. The van der Waals surface area contributed by atoms with Crippen molar-refractivity contribution in [2.75, 3.05) is 37.8 Å². The second-order valence-electron chi connectivity index (χ2n) is 3.70. The van der Waals surface area contributed by atoms with Gasteiger partial charge in [0.2, 0.25) is 11.9 Å². The monoisotopic (exact) mass is 257 g/mol. The first-order chi connectivity index (χ1) is 7.95. The first kappa shape index (κ1) is 13.5. The van der Waals surface area contributed by atoms with Crippen LogP contribution in [-0.2, 0) is 4.79 Å². The molecule has 0 atom stereocenters. The van der Waals surface area contributed by atoms with E-state index in [4.69, 9.17) is 17.3 Å². The van der Waals surface area contributed by atoms with Crippen molar-refractivity contribution in [3.05, 3.63) is 11.2 Å². The molecule has 7 heteroatoms. The van der Waals surface area contributed by atoms with Gasteiger partial charge in [0, 0.05) is 20.6 Å². The first-order valence-corrected chi connectivity index (χ1v) is 5.56. The molecule has 0 spiro atoms. The Kier molecular flexibility index (Phi) is 4.51. The van der Waals surface area contributed by atoms with Crippen LogP contribution in [0, 0.1) is 0 Å². The number of amides is 1. The summed E-state index contributed by atoms with van der Waals surface area (Å²) in [6.45, 7) is 2.73. The van der Waals surface area contributed by atoms with Crippen molar-refractivity contribution in [3.8, 4) is 0 Å². The summed E-state index contributed by atoms with van der Waals surface area (Å²) in [5.74, 6) is 0.595. The summed E-state index contributed by atoms with van der Waals surface area (Å²) in [6, 6.07) is 0. The highest BCUT2D eigenvalue weighted by atomic mass is 35.5. The zero-order valence-corrected chi connectivity index (χ0v) is 10.9. The highest BCUT2D eigenvalue weighted by Gasteiger charge is 2.16. The van der Waals surface area contributed by atoms with E-state index < -0.39 is 0 Å². The fourth-order valence-corrected chi connectivity index (χ4v) is 1.44. The molecule has 6 nitrogen and oxygen atoms in total. The van der Waals surface area contributed by atoms with Gasteiger partial charge >= 0.3 is 0 Å². The van der Waals surface area contributed by atoms with Gasteiger partial charge in [0.25, 0.3) is 0 Å². The third-order valence-corrected chi connectivity index (χ3v) is 2.52. The quantitative estimate of drug-likeness (QED) is 0.856. The fraction of sp³-hybridized carbons (Fsp3) is 0.500. The van der Waals surface area contributed by atoms with Crippen LogP contribution in [0.3, 0.4) is 0 Å². The largest absolute Gasteiger partial charge is 0.368 e. The number of halogens is 1. The maximum absolute atomic E-state index is 11.6. The van der Waals surface area contributed by atoms with Crippen LogP contribution in [0.5, 0.6) is 0 Å². The van der Waals surface area contributed by atoms with E-state index in [0.29, 0.717) is 17.4 Å². The van der Waals surface area contributed by atoms with E-state index in [2.05, 4.69) is 9.97 Å². The fourth-order valence-electron chi connectivity index (χ4n) is 1.23. The topological polar surface area (TPSA) is 75.4 Å². The summed E-state index contributed by atoms with van der Waals surface area (Å²) in [6.07, 6.45) is 1.43. The van der Waals surface area contributed by atoms with Crippen molar-refractivity contribution in [2.24, 2.45) is 0 Å². The molecule has 94 valence electrons. The van der Waals surface area contributed by atoms with Gasteiger partial charge in [-0.15, -0.1) is 0 Å². The lowest BCUT2D eigenvalue weighted by atomic mass is 10.4. The Labute approximate surface area is 105 Å². The van der Waals surface area contributed by atoms with Crippen LogP contribution in [0.4, 0.5) is 11.8 Å². The zero-order valence-electron chi connectivity index (χ0n) is 10.1. The number of carbonyl (C=O) groups is 1. The highest BCUT2D eigenvalue weighted by Crippen LogP contribution is 2.22.